The van der Waals surface area contributed by atoms with Gasteiger partial charge in [-0.15, -0.1) is 0 Å². The van der Waals surface area contributed by atoms with E-state index in [1.165, 1.54) is 0 Å². The second-order valence-corrected chi connectivity index (χ2v) is 5.25. The summed E-state index contributed by atoms with van der Waals surface area (Å²) >= 11 is 0. The number of hydrogen-bond acceptors (Lipinski definition) is 1. The van der Waals surface area contributed by atoms with Crippen molar-refractivity contribution in [3.63, 3.8) is 0 Å². The SMILES string of the molecule is FC(F)(F)C1CCCC(C2CCNCC2)C1. The maximum Gasteiger partial charge on any atom is 0.391 e. The lowest BCUT2D eigenvalue weighted by atomic mass is 9.72. The van der Waals surface area contributed by atoms with Crippen molar-refractivity contribution >= 4 is 0 Å². The Morgan fingerprint density at radius 2 is 1.56 bits per heavy atom. The third kappa shape index (κ3) is 2.90. The van der Waals surface area contributed by atoms with Gasteiger partial charge in [0, 0.05) is 0 Å². The normalized spacial score (nSPS) is 33.9. The molecule has 16 heavy (non-hydrogen) atoms. The van der Waals surface area contributed by atoms with Crippen molar-refractivity contribution in [3.8, 4) is 0 Å². The van der Waals surface area contributed by atoms with Crippen LogP contribution >= 0.6 is 0 Å². The van der Waals surface area contributed by atoms with Gasteiger partial charge in [-0.05, 0) is 50.6 Å². The van der Waals surface area contributed by atoms with Gasteiger partial charge in [-0.1, -0.05) is 12.8 Å². The maximum absolute atomic E-state index is 12.7. The van der Waals surface area contributed by atoms with Gasteiger partial charge in [0.1, 0.15) is 0 Å². The summed E-state index contributed by atoms with van der Waals surface area (Å²) in [7, 11) is 0. The van der Waals surface area contributed by atoms with Gasteiger partial charge in [-0.3, -0.25) is 0 Å². The van der Waals surface area contributed by atoms with Gasteiger partial charge >= 0.3 is 6.18 Å². The number of piperidine rings is 1. The molecule has 2 unspecified atom stereocenters. The number of halogens is 3. The van der Waals surface area contributed by atoms with E-state index in [0.717, 1.165) is 38.8 Å². The van der Waals surface area contributed by atoms with Gasteiger partial charge in [0.2, 0.25) is 0 Å². The molecule has 0 spiro atoms. The number of alkyl halides is 3. The van der Waals surface area contributed by atoms with Crippen molar-refractivity contribution in [1.29, 1.82) is 0 Å². The Bertz CT molecular complexity index is 221. The molecule has 0 aromatic rings. The van der Waals surface area contributed by atoms with E-state index in [4.69, 9.17) is 0 Å². The van der Waals surface area contributed by atoms with E-state index in [2.05, 4.69) is 5.32 Å². The summed E-state index contributed by atoms with van der Waals surface area (Å²) in [6.45, 7) is 1.97. The zero-order valence-electron chi connectivity index (χ0n) is 9.52. The quantitative estimate of drug-likeness (QED) is 0.735. The zero-order chi connectivity index (χ0) is 11.6. The average molecular weight is 235 g/mol. The van der Waals surface area contributed by atoms with E-state index in [0.29, 0.717) is 24.7 Å². The summed E-state index contributed by atoms with van der Waals surface area (Å²) in [6, 6.07) is 0. The Balaban J connectivity index is 1.90. The first-order chi connectivity index (χ1) is 7.57. The summed E-state index contributed by atoms with van der Waals surface area (Å²) in [5.74, 6) is -0.171. The van der Waals surface area contributed by atoms with Crippen LogP contribution in [0.4, 0.5) is 13.2 Å². The summed E-state index contributed by atoms with van der Waals surface area (Å²) in [4.78, 5) is 0. The predicted molar refractivity (Wildman–Crippen MR) is 57.1 cm³/mol. The Hall–Kier alpha value is -0.250. The molecule has 94 valence electrons. The molecule has 1 saturated heterocycles. The molecule has 1 nitrogen and oxygen atoms in total. The lowest BCUT2D eigenvalue weighted by Gasteiger charge is -2.37. The standard InChI is InChI=1S/C12H20F3N/c13-12(14,15)11-3-1-2-10(8-11)9-4-6-16-7-5-9/h9-11,16H,1-8H2. The lowest BCUT2D eigenvalue weighted by molar-refractivity contribution is -0.187. The summed E-state index contributed by atoms with van der Waals surface area (Å²) in [5.41, 5.74) is 0. The van der Waals surface area contributed by atoms with Crippen LogP contribution in [0.3, 0.4) is 0 Å². The first-order valence-corrected chi connectivity index (χ1v) is 6.35. The van der Waals surface area contributed by atoms with E-state index in [9.17, 15) is 13.2 Å². The highest BCUT2D eigenvalue weighted by molar-refractivity contribution is 4.83. The van der Waals surface area contributed by atoms with Crippen molar-refractivity contribution in [1.82, 2.24) is 5.32 Å². The van der Waals surface area contributed by atoms with Crippen LogP contribution in [0, 0.1) is 17.8 Å². The largest absolute Gasteiger partial charge is 0.391 e. The highest BCUT2D eigenvalue weighted by Gasteiger charge is 2.43. The van der Waals surface area contributed by atoms with E-state index in [1.807, 2.05) is 0 Å². The van der Waals surface area contributed by atoms with Crippen molar-refractivity contribution in [2.24, 2.45) is 17.8 Å². The Morgan fingerprint density at radius 3 is 2.19 bits per heavy atom. The van der Waals surface area contributed by atoms with Crippen molar-refractivity contribution in [2.75, 3.05) is 13.1 Å². The molecule has 1 heterocycles. The Morgan fingerprint density at radius 1 is 0.875 bits per heavy atom. The first kappa shape index (κ1) is 12.2. The molecule has 0 amide bonds. The topological polar surface area (TPSA) is 12.0 Å². The number of nitrogens with one attached hydrogen (secondary N) is 1. The smallest absolute Gasteiger partial charge is 0.317 e. The minimum Gasteiger partial charge on any atom is -0.317 e. The molecule has 1 N–H and O–H groups in total. The average Bonchev–Trinajstić information content (AvgIpc) is 2.29. The third-order valence-corrected chi connectivity index (χ3v) is 4.23. The highest BCUT2D eigenvalue weighted by Crippen LogP contribution is 2.43. The maximum atomic E-state index is 12.7. The minimum atomic E-state index is -3.97. The fourth-order valence-electron chi connectivity index (χ4n) is 3.27. The van der Waals surface area contributed by atoms with E-state index in [-0.39, 0.29) is 0 Å². The van der Waals surface area contributed by atoms with Gasteiger partial charge in [0.05, 0.1) is 5.92 Å². The van der Waals surface area contributed by atoms with Crippen LogP contribution in [-0.4, -0.2) is 19.3 Å². The van der Waals surface area contributed by atoms with Gasteiger partial charge < -0.3 is 5.32 Å². The van der Waals surface area contributed by atoms with Crippen molar-refractivity contribution in [3.05, 3.63) is 0 Å². The monoisotopic (exact) mass is 235 g/mol. The second kappa shape index (κ2) is 4.94. The molecular weight excluding hydrogens is 215 g/mol. The van der Waals surface area contributed by atoms with Crippen LogP contribution in [0.5, 0.6) is 0 Å². The van der Waals surface area contributed by atoms with Crippen molar-refractivity contribution < 1.29 is 13.2 Å². The molecule has 1 saturated carbocycles. The molecule has 2 rings (SSSR count). The zero-order valence-corrected chi connectivity index (χ0v) is 9.52. The van der Waals surface area contributed by atoms with E-state index < -0.39 is 12.1 Å². The van der Waals surface area contributed by atoms with Gasteiger partial charge in [-0.25, -0.2) is 0 Å². The number of rotatable bonds is 1. The fourth-order valence-corrected chi connectivity index (χ4v) is 3.27. The fraction of sp³-hybridized carbons (Fsp3) is 1.00. The van der Waals surface area contributed by atoms with Crippen molar-refractivity contribution in [2.45, 2.75) is 44.7 Å². The highest BCUT2D eigenvalue weighted by atomic mass is 19.4. The lowest BCUT2D eigenvalue weighted by Crippen LogP contribution is -2.36. The van der Waals surface area contributed by atoms with Crippen LogP contribution in [0.2, 0.25) is 0 Å². The Kier molecular flexibility index (Phi) is 3.77. The molecule has 0 aromatic carbocycles. The molecule has 2 aliphatic rings. The molecule has 2 atom stereocenters. The van der Waals surface area contributed by atoms with E-state index in [1.54, 1.807) is 0 Å². The molecule has 0 radical (unpaired) electrons. The molecule has 1 aliphatic heterocycles. The van der Waals surface area contributed by atoms with E-state index >= 15 is 0 Å². The van der Waals surface area contributed by atoms with Gasteiger partial charge in [0.25, 0.3) is 0 Å². The third-order valence-electron chi connectivity index (χ3n) is 4.23. The molecule has 0 bridgehead atoms. The molecule has 2 fully saturated rings. The summed E-state index contributed by atoms with van der Waals surface area (Å²) in [6.07, 6.45) is 0.672. The number of hydrogen-bond donors (Lipinski definition) is 1. The molecule has 0 aromatic heterocycles. The first-order valence-electron chi connectivity index (χ1n) is 6.35. The van der Waals surface area contributed by atoms with Crippen LogP contribution < -0.4 is 5.32 Å². The molecule has 4 heteroatoms. The second-order valence-electron chi connectivity index (χ2n) is 5.25. The predicted octanol–water partition coefficient (Wildman–Crippen LogP) is 3.35. The summed E-state index contributed by atoms with van der Waals surface area (Å²) in [5, 5.41) is 3.27. The van der Waals surface area contributed by atoms with Crippen LogP contribution in [0.25, 0.3) is 0 Å². The summed E-state index contributed by atoms with van der Waals surface area (Å²) < 4.78 is 38.0. The Labute approximate surface area is 94.8 Å². The minimum absolute atomic E-state index is 0.322. The van der Waals surface area contributed by atoms with Crippen LogP contribution in [-0.2, 0) is 0 Å². The molecule has 1 aliphatic carbocycles. The van der Waals surface area contributed by atoms with Crippen LogP contribution in [0.1, 0.15) is 38.5 Å². The van der Waals surface area contributed by atoms with Crippen LogP contribution in [0.15, 0.2) is 0 Å². The van der Waals surface area contributed by atoms with Gasteiger partial charge in [0.15, 0.2) is 0 Å². The van der Waals surface area contributed by atoms with Gasteiger partial charge in [-0.2, -0.15) is 13.2 Å². The molecular formula is C12H20F3N.